The van der Waals surface area contributed by atoms with Gasteiger partial charge in [0.25, 0.3) is 0 Å². The lowest BCUT2D eigenvalue weighted by Crippen LogP contribution is -2.56. The van der Waals surface area contributed by atoms with Gasteiger partial charge in [0.15, 0.2) is 0 Å². The smallest absolute Gasteiger partial charge is 0.311 e. The summed E-state index contributed by atoms with van der Waals surface area (Å²) in [6.07, 6.45) is -10.6. The van der Waals surface area contributed by atoms with Crippen LogP contribution in [0.3, 0.4) is 0 Å². The Kier molecular flexibility index (Phi) is 4.06. The van der Waals surface area contributed by atoms with E-state index < -0.39 is 37.3 Å². The molecule has 0 radical (unpaired) electrons. The van der Waals surface area contributed by atoms with Crippen LogP contribution in [0.2, 0.25) is 0 Å². The Balaban J connectivity index is 2.29. The van der Waals surface area contributed by atoms with E-state index in [9.17, 15) is 26.3 Å². The highest BCUT2D eigenvalue weighted by molar-refractivity contribution is 4.85. The summed E-state index contributed by atoms with van der Waals surface area (Å²) in [5.41, 5.74) is 0. The van der Waals surface area contributed by atoms with Gasteiger partial charge in [0.05, 0.1) is 12.8 Å². The molecule has 1 aliphatic rings. The van der Waals surface area contributed by atoms with Crippen LogP contribution in [0.5, 0.6) is 0 Å². The summed E-state index contributed by atoms with van der Waals surface area (Å²) >= 11 is 0. The van der Waals surface area contributed by atoms with Gasteiger partial charge >= 0.3 is 12.4 Å². The highest BCUT2D eigenvalue weighted by Gasteiger charge is 2.37. The first-order chi connectivity index (χ1) is 7.16. The summed E-state index contributed by atoms with van der Waals surface area (Å²) in [5, 5.41) is 4.93. The van der Waals surface area contributed by atoms with Gasteiger partial charge in [-0.05, 0) is 0 Å². The van der Waals surface area contributed by atoms with Crippen molar-refractivity contribution in [1.29, 1.82) is 0 Å². The second-order valence-corrected chi connectivity index (χ2v) is 3.85. The van der Waals surface area contributed by atoms with Crippen LogP contribution in [-0.2, 0) is 0 Å². The van der Waals surface area contributed by atoms with Crippen molar-refractivity contribution in [3.8, 4) is 0 Å². The number of hydrogen-bond donors (Lipinski definition) is 2. The van der Waals surface area contributed by atoms with Gasteiger partial charge < -0.3 is 10.6 Å². The lowest BCUT2D eigenvalue weighted by atomic mass is 10.1. The minimum atomic E-state index is -4.30. The molecule has 1 fully saturated rings. The molecule has 0 spiro atoms. The lowest BCUT2D eigenvalue weighted by molar-refractivity contribution is -0.147. The molecule has 0 amide bonds. The van der Waals surface area contributed by atoms with Crippen LogP contribution < -0.4 is 10.6 Å². The van der Waals surface area contributed by atoms with Crippen LogP contribution in [0, 0.1) is 0 Å². The van der Waals surface area contributed by atoms with Gasteiger partial charge in [0.1, 0.15) is 0 Å². The van der Waals surface area contributed by atoms with Gasteiger partial charge in [-0.3, -0.25) is 0 Å². The number of nitrogens with one attached hydrogen (secondary N) is 2. The quantitative estimate of drug-likeness (QED) is 0.730. The van der Waals surface area contributed by atoms with Crippen LogP contribution in [0.4, 0.5) is 26.3 Å². The van der Waals surface area contributed by atoms with Crippen molar-refractivity contribution in [2.75, 3.05) is 13.1 Å². The zero-order valence-corrected chi connectivity index (χ0v) is 8.25. The molecule has 1 aliphatic heterocycles. The van der Waals surface area contributed by atoms with Crippen molar-refractivity contribution < 1.29 is 26.3 Å². The molecule has 16 heavy (non-hydrogen) atoms. The van der Waals surface area contributed by atoms with Crippen molar-refractivity contribution in [3.05, 3.63) is 0 Å². The molecular weight excluding hydrogens is 238 g/mol. The van der Waals surface area contributed by atoms with Gasteiger partial charge in [-0.2, -0.15) is 26.3 Å². The standard InChI is InChI=1S/C8H12F6N2/c9-7(10,11)1-5-3-16-6(4-15-5)2-8(12,13)14/h5-6,15-16H,1-4H2/t5-,6+. The largest absolute Gasteiger partial charge is 0.390 e. The highest BCUT2D eigenvalue weighted by Crippen LogP contribution is 2.24. The summed E-state index contributed by atoms with van der Waals surface area (Å²) in [7, 11) is 0. The Morgan fingerprint density at radius 3 is 1.25 bits per heavy atom. The van der Waals surface area contributed by atoms with E-state index in [1.165, 1.54) is 0 Å². The SMILES string of the molecule is FC(F)(F)C[C@H]1CN[C@H](CC(F)(F)F)CN1. The Bertz CT molecular complexity index is 192. The number of piperazine rings is 1. The highest BCUT2D eigenvalue weighted by atomic mass is 19.4. The predicted molar refractivity (Wildman–Crippen MR) is 44.9 cm³/mol. The minimum Gasteiger partial charge on any atom is -0.311 e. The van der Waals surface area contributed by atoms with Crippen molar-refractivity contribution >= 4 is 0 Å². The fraction of sp³-hybridized carbons (Fsp3) is 1.00. The van der Waals surface area contributed by atoms with E-state index in [0.717, 1.165) is 0 Å². The number of halogens is 6. The first-order valence-corrected chi connectivity index (χ1v) is 4.76. The zero-order valence-electron chi connectivity index (χ0n) is 8.25. The summed E-state index contributed by atoms with van der Waals surface area (Å²) in [5.74, 6) is 0. The van der Waals surface area contributed by atoms with Crippen LogP contribution in [0.25, 0.3) is 0 Å². The van der Waals surface area contributed by atoms with E-state index in [4.69, 9.17) is 0 Å². The van der Waals surface area contributed by atoms with Gasteiger partial charge in [-0.15, -0.1) is 0 Å². The third kappa shape index (κ3) is 5.55. The third-order valence-electron chi connectivity index (χ3n) is 2.26. The molecule has 0 aliphatic carbocycles. The normalized spacial score (nSPS) is 28.1. The Morgan fingerprint density at radius 1 is 0.750 bits per heavy atom. The molecule has 0 aromatic rings. The van der Waals surface area contributed by atoms with E-state index in [1.807, 2.05) is 0 Å². The summed E-state index contributed by atoms with van der Waals surface area (Å²) in [4.78, 5) is 0. The van der Waals surface area contributed by atoms with Crippen molar-refractivity contribution in [1.82, 2.24) is 10.6 Å². The summed E-state index contributed by atoms with van der Waals surface area (Å²) in [6, 6.07) is -1.69. The van der Waals surface area contributed by atoms with Crippen LogP contribution in [-0.4, -0.2) is 37.5 Å². The molecule has 0 bridgehead atoms. The topological polar surface area (TPSA) is 24.1 Å². The fourth-order valence-corrected chi connectivity index (χ4v) is 1.61. The number of rotatable bonds is 2. The van der Waals surface area contributed by atoms with Crippen LogP contribution in [0.15, 0.2) is 0 Å². The van der Waals surface area contributed by atoms with Gasteiger partial charge in [-0.1, -0.05) is 0 Å². The van der Waals surface area contributed by atoms with E-state index in [1.54, 1.807) is 0 Å². The van der Waals surface area contributed by atoms with E-state index in [0.29, 0.717) is 0 Å². The van der Waals surface area contributed by atoms with Gasteiger partial charge in [0.2, 0.25) is 0 Å². The maximum atomic E-state index is 12.0. The maximum Gasteiger partial charge on any atom is 0.390 e. The molecule has 2 nitrogen and oxygen atoms in total. The molecule has 1 heterocycles. The molecule has 1 rings (SSSR count). The Morgan fingerprint density at radius 2 is 1.06 bits per heavy atom. The van der Waals surface area contributed by atoms with Gasteiger partial charge in [-0.25, -0.2) is 0 Å². The zero-order chi connectivity index (χ0) is 12.4. The molecule has 1 saturated heterocycles. The molecule has 0 saturated carbocycles. The molecule has 0 aromatic carbocycles. The first kappa shape index (κ1) is 13.6. The third-order valence-corrected chi connectivity index (χ3v) is 2.26. The number of hydrogen-bond acceptors (Lipinski definition) is 2. The van der Waals surface area contributed by atoms with E-state index in [2.05, 4.69) is 10.6 Å². The average molecular weight is 250 g/mol. The number of alkyl halides is 6. The fourth-order valence-electron chi connectivity index (χ4n) is 1.61. The first-order valence-electron chi connectivity index (χ1n) is 4.76. The molecular formula is C8H12F6N2. The summed E-state index contributed by atoms with van der Waals surface area (Å²) in [6.45, 7) is -0.194. The average Bonchev–Trinajstić information content (AvgIpc) is 2.03. The van der Waals surface area contributed by atoms with Crippen molar-refractivity contribution in [3.63, 3.8) is 0 Å². The monoisotopic (exact) mass is 250 g/mol. The van der Waals surface area contributed by atoms with Crippen molar-refractivity contribution in [2.24, 2.45) is 0 Å². The molecule has 0 unspecified atom stereocenters. The lowest BCUT2D eigenvalue weighted by Gasteiger charge is -2.32. The Labute approximate surface area is 88.4 Å². The van der Waals surface area contributed by atoms with E-state index in [-0.39, 0.29) is 13.1 Å². The molecule has 0 aromatic heterocycles. The molecule has 8 heteroatoms. The predicted octanol–water partition coefficient (Wildman–Crippen LogP) is 1.82. The van der Waals surface area contributed by atoms with Crippen molar-refractivity contribution in [2.45, 2.75) is 37.3 Å². The Hall–Kier alpha value is -0.500. The van der Waals surface area contributed by atoms with Crippen LogP contribution in [0.1, 0.15) is 12.8 Å². The van der Waals surface area contributed by atoms with E-state index >= 15 is 0 Å². The second-order valence-electron chi connectivity index (χ2n) is 3.85. The minimum absolute atomic E-state index is 0.0970. The maximum absolute atomic E-state index is 12.0. The molecule has 2 atom stereocenters. The molecule has 2 N–H and O–H groups in total. The van der Waals surface area contributed by atoms with Crippen LogP contribution >= 0.6 is 0 Å². The second kappa shape index (κ2) is 4.79. The van der Waals surface area contributed by atoms with Gasteiger partial charge in [0, 0.05) is 25.2 Å². The summed E-state index contributed by atoms with van der Waals surface area (Å²) < 4.78 is 71.8. The molecule has 96 valence electrons.